The van der Waals surface area contributed by atoms with Gasteiger partial charge in [0, 0.05) is 55.7 Å². The van der Waals surface area contributed by atoms with Gasteiger partial charge in [-0.3, -0.25) is 0 Å². The van der Waals surface area contributed by atoms with Crippen molar-refractivity contribution in [3.63, 3.8) is 0 Å². The molecule has 0 aliphatic rings. The van der Waals surface area contributed by atoms with Crippen molar-refractivity contribution in [1.82, 2.24) is 8.80 Å². The third kappa shape index (κ3) is 5.99. The van der Waals surface area contributed by atoms with Crippen LogP contribution in [0.5, 0.6) is 0 Å². The Labute approximate surface area is 416 Å². The first-order chi connectivity index (χ1) is 35.8. The van der Waals surface area contributed by atoms with E-state index in [1.54, 1.807) is 0 Å². The molecule has 4 nitrogen and oxygen atoms in total. The van der Waals surface area contributed by atoms with E-state index in [1.807, 2.05) is 0 Å². The van der Waals surface area contributed by atoms with Crippen molar-refractivity contribution >= 4 is 110 Å². The van der Waals surface area contributed by atoms with Crippen LogP contribution < -0.4 is 9.80 Å². The summed E-state index contributed by atoms with van der Waals surface area (Å²) in [7, 11) is 0. The summed E-state index contributed by atoms with van der Waals surface area (Å²) in [5.74, 6) is 0. The van der Waals surface area contributed by atoms with Crippen molar-refractivity contribution in [1.29, 1.82) is 0 Å². The molecule has 0 radical (unpaired) electrons. The molecule has 0 fully saturated rings. The van der Waals surface area contributed by atoms with Crippen LogP contribution in [0.15, 0.2) is 267 Å². The van der Waals surface area contributed by atoms with Gasteiger partial charge in [-0.2, -0.15) is 0 Å². The summed E-state index contributed by atoms with van der Waals surface area (Å²) in [5, 5.41) is 10.1. The van der Waals surface area contributed by atoms with Gasteiger partial charge < -0.3 is 18.6 Å². The van der Waals surface area contributed by atoms with E-state index in [0.29, 0.717) is 0 Å². The summed E-state index contributed by atoms with van der Waals surface area (Å²) in [6, 6.07) is 97.4. The second-order valence-electron chi connectivity index (χ2n) is 18.9. The highest BCUT2D eigenvalue weighted by atomic mass is 15.1. The first kappa shape index (κ1) is 40.3. The molecular weight excluding hydrogens is 873 g/mol. The molecule has 0 aliphatic carbocycles. The smallest absolute Gasteiger partial charge is 0.0783 e. The SMILES string of the molecule is c1ccc(N(c2ccccc2)c2ccc(-c3cc4c(c5ccccc35)c3cccc5c3n4c3cccc4c6c7ccccc7c(-c7ccc(N(c8ccccc8)c8ccccc8)cc7)cc6n5c43)cc2)cc1. The first-order valence-corrected chi connectivity index (χ1v) is 24.8. The molecule has 0 aliphatic heterocycles. The number of fused-ring (bicyclic) bond motifs is 12. The lowest BCUT2D eigenvalue weighted by atomic mass is 9.94. The maximum atomic E-state index is 2.56. The minimum Gasteiger partial charge on any atom is -0.311 e. The van der Waals surface area contributed by atoms with Crippen molar-refractivity contribution in [2.24, 2.45) is 0 Å². The third-order valence-electron chi connectivity index (χ3n) is 15.0. The van der Waals surface area contributed by atoms with E-state index in [9.17, 15) is 0 Å². The van der Waals surface area contributed by atoms with Gasteiger partial charge in [0.1, 0.15) is 0 Å². The Bertz CT molecular complexity index is 4150. The van der Waals surface area contributed by atoms with Crippen LogP contribution in [0.2, 0.25) is 0 Å². The van der Waals surface area contributed by atoms with Gasteiger partial charge in [0.25, 0.3) is 0 Å². The normalized spacial score (nSPS) is 11.9. The minimum atomic E-state index is 1.11. The molecule has 3 heterocycles. The predicted molar refractivity (Wildman–Crippen MR) is 305 cm³/mol. The van der Waals surface area contributed by atoms with Crippen LogP contribution in [0.1, 0.15) is 0 Å². The molecule has 0 saturated heterocycles. The van der Waals surface area contributed by atoms with Crippen LogP contribution in [-0.4, -0.2) is 8.80 Å². The van der Waals surface area contributed by atoms with Crippen LogP contribution >= 0.6 is 0 Å². The summed E-state index contributed by atoms with van der Waals surface area (Å²) in [6.45, 7) is 0. The predicted octanol–water partition coefficient (Wildman–Crippen LogP) is 18.8. The number of para-hydroxylation sites is 6. The zero-order valence-corrected chi connectivity index (χ0v) is 39.2. The highest BCUT2D eigenvalue weighted by molar-refractivity contribution is 6.31. The third-order valence-corrected chi connectivity index (χ3v) is 15.0. The largest absolute Gasteiger partial charge is 0.311 e. The molecular formula is C68H44N4. The van der Waals surface area contributed by atoms with Gasteiger partial charge in [-0.15, -0.1) is 0 Å². The molecule has 0 N–H and O–H groups in total. The fourth-order valence-corrected chi connectivity index (χ4v) is 11.9. The summed E-state index contributed by atoms with van der Waals surface area (Å²) in [5.41, 5.74) is 18.8. The molecule has 0 bridgehead atoms. The van der Waals surface area contributed by atoms with Crippen molar-refractivity contribution in [3.8, 4) is 22.3 Å². The van der Waals surface area contributed by atoms with Crippen LogP contribution in [-0.2, 0) is 0 Å². The number of aromatic nitrogens is 2. The standard InChI is InChI=1S/C68H44N4/c1-5-19-47(20-6-1)69(48-21-7-2-8-22-48)51-39-35-45(36-40-51)59-43-63-65(55-29-15-13-27-53(55)59)57-31-17-34-62-67(57)71(63)61-33-18-32-58-66-56-30-16-14-28-54(56)60(44-64(66)72(62)68(58)61)46-37-41-52(42-38-46)70(49-23-9-3-10-24-49)50-25-11-4-12-26-50/h1-44H. The zero-order chi connectivity index (χ0) is 47.3. The van der Waals surface area contributed by atoms with Gasteiger partial charge >= 0.3 is 0 Å². The lowest BCUT2D eigenvalue weighted by Crippen LogP contribution is -2.09. The Morgan fingerprint density at radius 2 is 0.514 bits per heavy atom. The van der Waals surface area contributed by atoms with Crippen LogP contribution in [0.3, 0.4) is 0 Å². The summed E-state index contributed by atoms with van der Waals surface area (Å²) < 4.78 is 5.12. The maximum absolute atomic E-state index is 2.56. The monoisotopic (exact) mass is 916 g/mol. The Morgan fingerprint density at radius 3 is 0.861 bits per heavy atom. The number of hydrogen-bond acceptors (Lipinski definition) is 2. The Morgan fingerprint density at radius 1 is 0.222 bits per heavy atom. The van der Waals surface area contributed by atoms with Gasteiger partial charge in [0.15, 0.2) is 0 Å². The van der Waals surface area contributed by atoms with Crippen molar-refractivity contribution in [2.75, 3.05) is 9.80 Å². The van der Waals surface area contributed by atoms with E-state index in [0.717, 1.165) is 34.1 Å². The molecule has 4 heteroatoms. The molecule has 15 rings (SSSR count). The summed E-state index contributed by atoms with van der Waals surface area (Å²) >= 11 is 0. The van der Waals surface area contributed by atoms with Crippen LogP contribution in [0, 0.1) is 0 Å². The lowest BCUT2D eigenvalue weighted by molar-refractivity contribution is 1.26. The molecule has 0 saturated carbocycles. The Kier molecular flexibility index (Phi) is 8.92. The number of benzene rings is 12. The number of hydrogen-bond donors (Lipinski definition) is 0. The molecule has 0 atom stereocenters. The first-order valence-electron chi connectivity index (χ1n) is 24.8. The summed E-state index contributed by atoms with van der Waals surface area (Å²) in [4.78, 5) is 4.65. The van der Waals surface area contributed by atoms with E-state index < -0.39 is 0 Å². The molecule has 0 unspecified atom stereocenters. The van der Waals surface area contributed by atoms with Gasteiger partial charge in [0.2, 0.25) is 0 Å². The number of nitrogens with zero attached hydrogens (tertiary/aromatic N) is 4. The Hall–Kier alpha value is -9.64. The van der Waals surface area contributed by atoms with Gasteiger partial charge in [0.05, 0.1) is 33.1 Å². The maximum Gasteiger partial charge on any atom is 0.0783 e. The van der Waals surface area contributed by atoms with Crippen LogP contribution in [0.4, 0.5) is 34.1 Å². The van der Waals surface area contributed by atoms with Crippen molar-refractivity contribution in [3.05, 3.63) is 267 Å². The average Bonchev–Trinajstić information content (AvgIpc) is 3.99. The second-order valence-corrected chi connectivity index (χ2v) is 18.9. The zero-order valence-electron chi connectivity index (χ0n) is 39.2. The highest BCUT2D eigenvalue weighted by Gasteiger charge is 2.25. The average molecular weight is 917 g/mol. The molecule has 72 heavy (non-hydrogen) atoms. The molecule has 15 aromatic rings. The fourth-order valence-electron chi connectivity index (χ4n) is 11.9. The minimum absolute atomic E-state index is 1.11. The van der Waals surface area contributed by atoms with E-state index in [1.165, 1.54) is 98.4 Å². The quantitative estimate of drug-likeness (QED) is 0.141. The van der Waals surface area contributed by atoms with Gasteiger partial charge in [-0.05, 0) is 141 Å². The van der Waals surface area contributed by atoms with E-state index in [4.69, 9.17) is 0 Å². The van der Waals surface area contributed by atoms with E-state index in [2.05, 4.69) is 286 Å². The Balaban J connectivity index is 0.946. The second kappa shape index (κ2) is 16.0. The number of rotatable bonds is 8. The molecule has 0 amide bonds. The van der Waals surface area contributed by atoms with Crippen molar-refractivity contribution in [2.45, 2.75) is 0 Å². The van der Waals surface area contributed by atoms with E-state index >= 15 is 0 Å². The molecule has 336 valence electrons. The number of anilines is 6. The topological polar surface area (TPSA) is 15.3 Å². The van der Waals surface area contributed by atoms with Crippen LogP contribution in [0.25, 0.3) is 98.4 Å². The molecule has 12 aromatic carbocycles. The van der Waals surface area contributed by atoms with Gasteiger partial charge in [-0.1, -0.05) is 170 Å². The molecule has 3 aromatic heterocycles. The van der Waals surface area contributed by atoms with E-state index in [-0.39, 0.29) is 0 Å². The lowest BCUT2D eigenvalue weighted by Gasteiger charge is -2.25. The van der Waals surface area contributed by atoms with Gasteiger partial charge in [-0.25, -0.2) is 0 Å². The van der Waals surface area contributed by atoms with Crippen molar-refractivity contribution < 1.29 is 0 Å². The summed E-state index contributed by atoms with van der Waals surface area (Å²) in [6.07, 6.45) is 0. The fraction of sp³-hybridized carbons (Fsp3) is 0. The molecule has 0 spiro atoms. The highest BCUT2D eigenvalue weighted by Crippen LogP contribution is 2.48.